The lowest BCUT2D eigenvalue weighted by molar-refractivity contribution is 0.196. The molecular weight excluding hydrogens is 336 g/mol. The molecule has 0 amide bonds. The van der Waals surface area contributed by atoms with Crippen molar-refractivity contribution in [3.8, 4) is 0 Å². The Morgan fingerprint density at radius 2 is 2.11 bits per heavy atom. The number of furan rings is 1. The van der Waals surface area contributed by atoms with Crippen molar-refractivity contribution in [1.82, 2.24) is 0 Å². The van der Waals surface area contributed by atoms with Crippen molar-refractivity contribution < 1.29 is 9.52 Å². The van der Waals surface area contributed by atoms with Gasteiger partial charge in [-0.15, -0.1) is 11.3 Å². The fourth-order valence-corrected chi connectivity index (χ4v) is 3.40. The van der Waals surface area contributed by atoms with Crippen LogP contribution in [0.2, 0.25) is 5.02 Å². The van der Waals surface area contributed by atoms with E-state index in [-0.39, 0.29) is 0 Å². The highest BCUT2D eigenvalue weighted by molar-refractivity contribution is 9.10. The molecule has 1 atom stereocenters. The molecule has 2 nitrogen and oxygen atoms in total. The Morgan fingerprint density at radius 1 is 1.28 bits per heavy atom. The van der Waals surface area contributed by atoms with Gasteiger partial charge in [-0.3, -0.25) is 0 Å². The Bertz CT molecular complexity index is 704. The lowest BCUT2D eigenvalue weighted by atomic mass is 10.2. The van der Waals surface area contributed by atoms with Crippen molar-refractivity contribution in [2.75, 3.05) is 0 Å². The van der Waals surface area contributed by atoms with Crippen LogP contribution in [0.1, 0.15) is 16.7 Å². The van der Waals surface area contributed by atoms with Crippen LogP contribution in [0, 0.1) is 0 Å². The molecule has 18 heavy (non-hydrogen) atoms. The van der Waals surface area contributed by atoms with Crippen LogP contribution in [0.3, 0.4) is 0 Å². The van der Waals surface area contributed by atoms with Gasteiger partial charge in [0.15, 0.2) is 0 Å². The molecule has 0 saturated heterocycles. The summed E-state index contributed by atoms with van der Waals surface area (Å²) >= 11 is 10.8. The molecule has 1 aromatic carbocycles. The minimum absolute atomic E-state index is 0.529. The lowest BCUT2D eigenvalue weighted by Crippen LogP contribution is -1.93. The van der Waals surface area contributed by atoms with E-state index in [4.69, 9.17) is 16.0 Å². The normalized spacial score (nSPS) is 13.1. The van der Waals surface area contributed by atoms with Crippen molar-refractivity contribution in [3.63, 3.8) is 0 Å². The van der Waals surface area contributed by atoms with Gasteiger partial charge in [0, 0.05) is 25.1 Å². The number of fused-ring (bicyclic) bond motifs is 1. The predicted octanol–water partition coefficient (Wildman–Crippen LogP) is 4.99. The zero-order valence-electron chi connectivity index (χ0n) is 9.06. The van der Waals surface area contributed by atoms with Crippen molar-refractivity contribution in [1.29, 1.82) is 0 Å². The predicted molar refractivity (Wildman–Crippen MR) is 77.3 cm³/mol. The molecule has 5 heteroatoms. The molecule has 2 aromatic heterocycles. The number of hydrogen-bond donors (Lipinski definition) is 1. The van der Waals surface area contributed by atoms with Crippen molar-refractivity contribution in [2.24, 2.45) is 0 Å². The first-order valence-electron chi connectivity index (χ1n) is 5.24. The molecule has 0 radical (unpaired) electrons. The minimum atomic E-state index is -0.743. The Morgan fingerprint density at radius 3 is 2.83 bits per heavy atom. The quantitative estimate of drug-likeness (QED) is 0.711. The third kappa shape index (κ3) is 2.21. The monoisotopic (exact) mass is 342 g/mol. The van der Waals surface area contributed by atoms with Crippen molar-refractivity contribution in [3.05, 3.63) is 55.8 Å². The zero-order chi connectivity index (χ0) is 12.7. The SMILES string of the molecule is OC(c1cc2cc(Cl)ccc2o1)c1cc(Br)cs1. The zero-order valence-corrected chi connectivity index (χ0v) is 12.2. The number of halogens is 2. The molecule has 0 spiro atoms. The van der Waals surface area contributed by atoms with E-state index in [9.17, 15) is 5.11 Å². The standard InChI is InChI=1S/C13H8BrClO2S/c14-8-5-12(18-6-8)13(16)11-4-7-3-9(15)1-2-10(7)17-11/h1-6,13,16H. The first kappa shape index (κ1) is 12.2. The topological polar surface area (TPSA) is 33.4 Å². The maximum atomic E-state index is 10.2. The summed E-state index contributed by atoms with van der Waals surface area (Å²) in [6.07, 6.45) is -0.743. The number of aliphatic hydroxyl groups excluding tert-OH is 1. The molecule has 3 rings (SSSR count). The van der Waals surface area contributed by atoms with E-state index < -0.39 is 6.10 Å². The Labute approximate surface area is 121 Å². The van der Waals surface area contributed by atoms with Gasteiger partial charge in [0.2, 0.25) is 0 Å². The van der Waals surface area contributed by atoms with E-state index in [1.165, 1.54) is 11.3 Å². The molecule has 2 heterocycles. The molecule has 0 fully saturated rings. The molecule has 1 N–H and O–H groups in total. The Kier molecular flexibility index (Phi) is 3.20. The maximum Gasteiger partial charge on any atom is 0.146 e. The summed E-state index contributed by atoms with van der Waals surface area (Å²) in [7, 11) is 0. The van der Waals surface area contributed by atoms with Gasteiger partial charge in [0.05, 0.1) is 0 Å². The van der Waals surface area contributed by atoms with Gasteiger partial charge in [0.25, 0.3) is 0 Å². The summed E-state index contributed by atoms with van der Waals surface area (Å²) in [5.41, 5.74) is 0.726. The summed E-state index contributed by atoms with van der Waals surface area (Å²) in [6, 6.07) is 9.10. The summed E-state index contributed by atoms with van der Waals surface area (Å²) < 4.78 is 6.59. The second-order valence-corrected chi connectivity index (χ2v) is 6.20. The van der Waals surface area contributed by atoms with Gasteiger partial charge in [-0.2, -0.15) is 0 Å². The van der Waals surface area contributed by atoms with E-state index in [1.807, 2.05) is 23.6 Å². The molecule has 1 unspecified atom stereocenters. The molecule has 3 aromatic rings. The van der Waals surface area contributed by atoms with Crippen LogP contribution in [0.15, 0.2) is 44.6 Å². The third-order valence-electron chi connectivity index (χ3n) is 2.62. The minimum Gasteiger partial charge on any atom is -0.458 e. The van der Waals surface area contributed by atoms with Gasteiger partial charge in [-0.05, 0) is 46.3 Å². The highest BCUT2D eigenvalue weighted by Gasteiger charge is 2.17. The molecular formula is C13H8BrClO2S. The van der Waals surface area contributed by atoms with Gasteiger partial charge < -0.3 is 9.52 Å². The van der Waals surface area contributed by atoms with Crippen molar-refractivity contribution >= 4 is 49.8 Å². The van der Waals surface area contributed by atoms with Crippen LogP contribution in [-0.2, 0) is 0 Å². The largest absolute Gasteiger partial charge is 0.458 e. The summed E-state index contributed by atoms with van der Waals surface area (Å²) in [4.78, 5) is 0.840. The molecule has 0 aliphatic heterocycles. The fourth-order valence-electron chi connectivity index (χ4n) is 1.78. The van der Waals surface area contributed by atoms with Crippen molar-refractivity contribution in [2.45, 2.75) is 6.10 Å². The third-order valence-corrected chi connectivity index (χ3v) is 4.61. The average molecular weight is 344 g/mol. The molecule has 0 bridgehead atoms. The summed E-state index contributed by atoms with van der Waals surface area (Å²) in [5.74, 6) is 0.529. The van der Waals surface area contributed by atoms with Gasteiger partial charge in [-0.1, -0.05) is 11.6 Å². The van der Waals surface area contributed by atoms with Gasteiger partial charge in [-0.25, -0.2) is 0 Å². The maximum absolute atomic E-state index is 10.2. The number of thiophene rings is 1. The average Bonchev–Trinajstić information content (AvgIpc) is 2.93. The van der Waals surface area contributed by atoms with Crippen LogP contribution in [-0.4, -0.2) is 5.11 Å². The Hall–Kier alpha value is -0.810. The van der Waals surface area contributed by atoms with E-state index in [0.29, 0.717) is 10.8 Å². The van der Waals surface area contributed by atoms with Gasteiger partial charge >= 0.3 is 0 Å². The van der Waals surface area contributed by atoms with Crippen LogP contribution in [0.25, 0.3) is 11.0 Å². The molecule has 0 saturated carbocycles. The fraction of sp³-hybridized carbons (Fsp3) is 0.0769. The van der Waals surface area contributed by atoms with Crippen LogP contribution >= 0.6 is 38.9 Å². The van der Waals surface area contributed by atoms with Gasteiger partial charge in [0.1, 0.15) is 17.4 Å². The van der Waals surface area contributed by atoms with Crippen LogP contribution in [0.4, 0.5) is 0 Å². The smallest absolute Gasteiger partial charge is 0.146 e. The summed E-state index contributed by atoms with van der Waals surface area (Å²) in [6.45, 7) is 0. The second-order valence-electron chi connectivity index (χ2n) is 3.90. The van der Waals surface area contributed by atoms with E-state index in [2.05, 4.69) is 15.9 Å². The lowest BCUT2D eigenvalue weighted by Gasteiger charge is -2.03. The van der Waals surface area contributed by atoms with E-state index in [1.54, 1.807) is 12.1 Å². The number of hydrogen-bond acceptors (Lipinski definition) is 3. The first-order valence-corrected chi connectivity index (χ1v) is 7.29. The molecule has 0 aliphatic rings. The van der Waals surface area contributed by atoms with E-state index >= 15 is 0 Å². The second kappa shape index (κ2) is 4.70. The summed E-state index contributed by atoms with van der Waals surface area (Å²) in [5, 5.41) is 13.7. The van der Waals surface area contributed by atoms with Crippen LogP contribution in [0.5, 0.6) is 0 Å². The molecule has 92 valence electrons. The van der Waals surface area contributed by atoms with E-state index in [0.717, 1.165) is 20.3 Å². The number of aliphatic hydroxyl groups is 1. The molecule has 0 aliphatic carbocycles. The number of rotatable bonds is 2. The number of benzene rings is 1. The highest BCUT2D eigenvalue weighted by Crippen LogP contribution is 2.33. The van der Waals surface area contributed by atoms with Crippen LogP contribution < -0.4 is 0 Å². The Balaban J connectivity index is 2.03. The first-order chi connectivity index (χ1) is 8.63. The highest BCUT2D eigenvalue weighted by atomic mass is 79.9.